The van der Waals surface area contributed by atoms with Crippen LogP contribution in [0.15, 0.2) is 18.2 Å². The van der Waals surface area contributed by atoms with E-state index >= 15 is 8.78 Å². The summed E-state index contributed by atoms with van der Waals surface area (Å²) in [6, 6.07) is 3.08. The zero-order chi connectivity index (χ0) is 34.2. The van der Waals surface area contributed by atoms with Crippen molar-refractivity contribution in [1.29, 1.82) is 0 Å². The molecule has 0 unspecified atom stereocenters. The normalized spacial score (nSPS) is 30.8. The number of alkyl carbamates (subject to hydrolysis) is 1. The highest BCUT2D eigenvalue weighted by Crippen LogP contribution is 2.44. The molecule has 0 spiro atoms. The number of aromatic nitrogens is 2. The van der Waals surface area contributed by atoms with Crippen LogP contribution in [0.5, 0.6) is 11.6 Å². The second-order valence-corrected chi connectivity index (χ2v) is 14.5. The van der Waals surface area contributed by atoms with Gasteiger partial charge in [-0.1, -0.05) is 33.1 Å². The van der Waals surface area contributed by atoms with Crippen molar-refractivity contribution < 1.29 is 37.4 Å². The topological polar surface area (TPSA) is 120 Å². The molecule has 2 aromatic rings. The Kier molecular flexibility index (Phi) is 9.82. The summed E-state index contributed by atoms with van der Waals surface area (Å²) >= 11 is 0. The first-order chi connectivity index (χ1) is 22.9. The molecule has 10 nitrogen and oxygen atoms in total. The van der Waals surface area contributed by atoms with Crippen LogP contribution in [0.2, 0.25) is 0 Å². The first kappa shape index (κ1) is 34.3. The maximum atomic E-state index is 16.2. The van der Waals surface area contributed by atoms with Crippen LogP contribution in [0, 0.1) is 17.3 Å². The average molecular weight is 671 g/mol. The number of Topliss-reactive ketones (excluding diaryl/α,β-unsaturated/α-hetero) is 1. The quantitative estimate of drug-likeness (QED) is 0.381. The third kappa shape index (κ3) is 6.68. The van der Waals surface area contributed by atoms with Crippen LogP contribution in [0.4, 0.5) is 13.6 Å². The number of fused-ring (bicyclic) bond motifs is 5. The zero-order valence-electron chi connectivity index (χ0n) is 28.4. The number of nitrogens with one attached hydrogen (secondary N) is 1. The van der Waals surface area contributed by atoms with Crippen molar-refractivity contribution in [2.24, 2.45) is 17.3 Å². The van der Waals surface area contributed by atoms with E-state index in [0.29, 0.717) is 36.9 Å². The van der Waals surface area contributed by atoms with Gasteiger partial charge in [0.2, 0.25) is 11.8 Å². The maximum absolute atomic E-state index is 16.2. The monoisotopic (exact) mass is 670 g/mol. The smallest absolute Gasteiger partial charge is 0.408 e. The number of nitrogens with zero attached hydrogens (tertiary/aromatic N) is 3. The van der Waals surface area contributed by atoms with Crippen LogP contribution >= 0.6 is 0 Å². The van der Waals surface area contributed by atoms with Crippen LogP contribution in [-0.2, 0) is 20.2 Å². The molecular formula is C36H48F2N4O6. The summed E-state index contributed by atoms with van der Waals surface area (Å²) in [6.07, 6.45) is 5.34. The Balaban J connectivity index is 1.44. The van der Waals surface area contributed by atoms with Crippen molar-refractivity contribution in [3.8, 4) is 11.6 Å². The van der Waals surface area contributed by atoms with Crippen molar-refractivity contribution in [2.75, 3.05) is 13.7 Å². The molecule has 4 aliphatic rings. The Morgan fingerprint density at radius 3 is 2.44 bits per heavy atom. The van der Waals surface area contributed by atoms with Gasteiger partial charge in [-0.25, -0.2) is 14.8 Å². The molecule has 2 aliphatic heterocycles. The van der Waals surface area contributed by atoms with Gasteiger partial charge in [0.05, 0.1) is 30.7 Å². The molecule has 6 atom stereocenters. The van der Waals surface area contributed by atoms with Gasteiger partial charge in [0.15, 0.2) is 11.5 Å². The lowest BCUT2D eigenvalue weighted by molar-refractivity contribution is -0.142. The average Bonchev–Trinajstić information content (AvgIpc) is 3.79. The fraction of sp³-hybridized carbons (Fsp3) is 0.694. The van der Waals surface area contributed by atoms with Crippen LogP contribution in [-0.4, -0.2) is 70.6 Å². The first-order valence-corrected chi connectivity index (χ1v) is 17.6. The summed E-state index contributed by atoms with van der Waals surface area (Å²) in [5.74, 6) is -4.23. The standard InChI is InChI=1S/C36H48F2N4O6/c1-5-24-28-20-42(29(24)21(2)43)33(44)31(35(3)16-8-9-17-35)41-34(45)48-27-13-10-12-22(27)11-6-7-18-36(37,38)30-32(47-28)40-26-19-23(46-4)14-15-25(26)39-30/h14-15,19,22,24,27-29,31H,5-13,16-18,20H2,1-4H3,(H,41,45)/t22-,24-,27-,28+,29-,31-/m1/s1. The summed E-state index contributed by atoms with van der Waals surface area (Å²) in [4.78, 5) is 51.8. The van der Waals surface area contributed by atoms with Gasteiger partial charge in [-0.3, -0.25) is 9.59 Å². The number of ether oxygens (including phenoxy) is 3. The maximum Gasteiger partial charge on any atom is 0.408 e. The minimum atomic E-state index is -3.36. The summed E-state index contributed by atoms with van der Waals surface area (Å²) < 4.78 is 50.0. The Hall–Kier alpha value is -3.57. The number of halogens is 2. The fourth-order valence-electron chi connectivity index (χ4n) is 8.67. The zero-order valence-corrected chi connectivity index (χ0v) is 28.4. The Labute approximate surface area is 280 Å². The molecule has 1 aromatic heterocycles. The third-order valence-electron chi connectivity index (χ3n) is 11.3. The number of methoxy groups -OCH3 is 1. The van der Waals surface area contributed by atoms with E-state index in [2.05, 4.69) is 15.3 Å². The van der Waals surface area contributed by atoms with E-state index in [1.807, 2.05) is 13.8 Å². The van der Waals surface area contributed by atoms with Crippen LogP contribution in [0.3, 0.4) is 0 Å². The Morgan fingerprint density at radius 1 is 1.00 bits per heavy atom. The Bertz CT molecular complexity index is 1530. The number of carbonyl (C=O) groups is 3. The summed E-state index contributed by atoms with van der Waals surface area (Å²) in [5, 5.41) is 2.96. The molecule has 3 heterocycles. The number of amides is 2. The molecule has 48 heavy (non-hydrogen) atoms. The number of ketones is 1. The molecule has 2 amide bonds. The molecule has 12 heteroatoms. The van der Waals surface area contributed by atoms with Crippen molar-refractivity contribution in [1.82, 2.24) is 20.2 Å². The van der Waals surface area contributed by atoms with Crippen molar-refractivity contribution >= 4 is 28.8 Å². The number of hydrogen-bond acceptors (Lipinski definition) is 8. The molecule has 1 N–H and O–H groups in total. The van der Waals surface area contributed by atoms with Gasteiger partial charge < -0.3 is 24.4 Å². The van der Waals surface area contributed by atoms with Gasteiger partial charge in [-0.05, 0) is 81.8 Å². The molecule has 0 radical (unpaired) electrons. The van der Waals surface area contributed by atoms with Gasteiger partial charge >= 0.3 is 6.09 Å². The molecule has 1 aromatic carbocycles. The third-order valence-corrected chi connectivity index (χ3v) is 11.3. The molecule has 2 saturated carbocycles. The van der Waals surface area contributed by atoms with Crippen LogP contribution in [0.1, 0.15) is 104 Å². The van der Waals surface area contributed by atoms with Crippen molar-refractivity contribution in [3.05, 3.63) is 23.9 Å². The van der Waals surface area contributed by atoms with Gasteiger partial charge in [0.1, 0.15) is 24.0 Å². The number of alkyl halides is 2. The fourth-order valence-corrected chi connectivity index (χ4v) is 8.67. The lowest BCUT2D eigenvalue weighted by Gasteiger charge is -2.37. The molecule has 262 valence electrons. The molecular weight excluding hydrogens is 622 g/mol. The molecule has 3 fully saturated rings. The number of hydrogen-bond donors (Lipinski definition) is 1. The largest absolute Gasteiger partial charge is 0.497 e. The second-order valence-electron chi connectivity index (χ2n) is 14.5. The van der Waals surface area contributed by atoms with E-state index in [-0.39, 0.29) is 48.1 Å². The van der Waals surface area contributed by atoms with Crippen LogP contribution < -0.4 is 14.8 Å². The van der Waals surface area contributed by atoms with Gasteiger partial charge in [0.25, 0.3) is 5.92 Å². The van der Waals surface area contributed by atoms with Gasteiger partial charge in [-0.2, -0.15) is 8.78 Å². The van der Waals surface area contributed by atoms with E-state index in [0.717, 1.165) is 38.5 Å². The van der Waals surface area contributed by atoms with Crippen molar-refractivity contribution in [2.45, 2.75) is 128 Å². The summed E-state index contributed by atoms with van der Waals surface area (Å²) in [6.45, 7) is 5.29. The minimum Gasteiger partial charge on any atom is -0.497 e. The van der Waals surface area contributed by atoms with E-state index in [4.69, 9.17) is 14.2 Å². The van der Waals surface area contributed by atoms with Crippen LogP contribution in [0.25, 0.3) is 11.0 Å². The minimum absolute atomic E-state index is 0.0293. The molecule has 2 aliphatic carbocycles. The van der Waals surface area contributed by atoms with Crippen molar-refractivity contribution in [3.63, 3.8) is 0 Å². The Morgan fingerprint density at radius 2 is 1.73 bits per heavy atom. The van der Waals surface area contributed by atoms with E-state index in [9.17, 15) is 14.4 Å². The predicted molar refractivity (Wildman–Crippen MR) is 174 cm³/mol. The van der Waals surface area contributed by atoms with E-state index in [1.165, 1.54) is 18.9 Å². The lowest BCUT2D eigenvalue weighted by Crippen LogP contribution is -2.58. The number of benzene rings is 1. The second kappa shape index (κ2) is 13.7. The first-order valence-electron chi connectivity index (χ1n) is 17.6. The van der Waals surface area contributed by atoms with Gasteiger partial charge in [-0.15, -0.1) is 0 Å². The number of rotatable bonds is 4. The van der Waals surface area contributed by atoms with E-state index in [1.54, 1.807) is 18.2 Å². The highest BCUT2D eigenvalue weighted by molar-refractivity contribution is 5.93. The SMILES string of the molecule is CC[C@@H]1[C@@H]2CN(C(=O)[C@H](C3(C)CCCC3)NC(=O)O[C@@H]3CCC[C@H]3CCCCC(F)(F)c3nc4ccc(OC)cc4nc3O2)[C@@H]1C(C)=O. The molecule has 2 bridgehead atoms. The predicted octanol–water partition coefficient (Wildman–Crippen LogP) is 6.72. The highest BCUT2D eigenvalue weighted by atomic mass is 19.3. The molecule has 1 saturated heterocycles. The summed E-state index contributed by atoms with van der Waals surface area (Å²) in [7, 11) is 1.51. The number of carbonyl (C=O) groups excluding carboxylic acids is 3. The summed E-state index contributed by atoms with van der Waals surface area (Å²) in [5.41, 5.74) is -0.471. The van der Waals surface area contributed by atoms with Gasteiger partial charge in [0, 0.05) is 18.4 Å². The molecule has 6 rings (SSSR count). The lowest BCUT2D eigenvalue weighted by atomic mass is 9.79. The van der Waals surface area contributed by atoms with E-state index < -0.39 is 53.7 Å². The highest BCUT2D eigenvalue weighted by Gasteiger charge is 2.53.